The Morgan fingerprint density at radius 1 is 0.786 bits per heavy atom. The van der Waals surface area contributed by atoms with E-state index < -0.39 is 30.7 Å². The Hall–Kier alpha value is -0.990. The summed E-state index contributed by atoms with van der Waals surface area (Å²) in [6, 6.07) is 0. The van der Waals surface area contributed by atoms with Crippen LogP contribution in [0.25, 0.3) is 0 Å². The van der Waals surface area contributed by atoms with Crippen LogP contribution < -0.4 is 0 Å². The van der Waals surface area contributed by atoms with E-state index in [0.29, 0.717) is 17.8 Å². The largest absolute Gasteiger partial charge is 0.463 e. The molecule has 0 aromatic heterocycles. The van der Waals surface area contributed by atoms with Crippen LogP contribution in [-0.4, -0.2) is 64.7 Å². The molecule has 3 saturated carbocycles. The molecule has 7 nitrogen and oxygen atoms in total. The van der Waals surface area contributed by atoms with Gasteiger partial charge >= 0.3 is 5.97 Å². The van der Waals surface area contributed by atoms with E-state index >= 15 is 0 Å². The molecular weight excluding hydrogens is 701 g/mol. The van der Waals surface area contributed by atoms with Crippen molar-refractivity contribution in [2.24, 2.45) is 46.3 Å². The third-order valence-electron chi connectivity index (χ3n) is 16.1. The first-order valence-corrected chi connectivity index (χ1v) is 24.1. The number of fused-ring (bicyclic) bond motifs is 5. The molecule has 4 aliphatic carbocycles. The number of unbranched alkanes of at least 4 members (excludes halogenated alkanes) is 12. The number of carbonyl (C=O) groups is 1. The average Bonchev–Trinajstić information content (AvgIpc) is 3.53. The molecule has 5 rings (SSSR count). The molecule has 13 atom stereocenters. The quantitative estimate of drug-likeness (QED) is 0.0538. The summed E-state index contributed by atoms with van der Waals surface area (Å²) < 4.78 is 18.0. The van der Waals surface area contributed by atoms with Crippen LogP contribution in [0.15, 0.2) is 11.6 Å². The van der Waals surface area contributed by atoms with Gasteiger partial charge in [0.25, 0.3) is 0 Å². The lowest BCUT2D eigenvalue weighted by Gasteiger charge is -2.58. The zero-order valence-corrected chi connectivity index (χ0v) is 36.9. The first-order valence-electron chi connectivity index (χ1n) is 24.1. The Morgan fingerprint density at radius 3 is 2.11 bits per heavy atom. The fraction of sp³-hybridized carbons (Fsp3) is 0.939. The van der Waals surface area contributed by atoms with Gasteiger partial charge in [-0.05, 0) is 104 Å². The number of allylic oxidation sites excluding steroid dienone is 1. The highest BCUT2D eigenvalue weighted by molar-refractivity contribution is 5.69. The minimum Gasteiger partial charge on any atom is -0.463 e. The van der Waals surface area contributed by atoms with Gasteiger partial charge in [-0.15, -0.1) is 0 Å². The molecule has 5 aliphatic rings. The number of rotatable bonds is 23. The summed E-state index contributed by atoms with van der Waals surface area (Å²) in [6.07, 6.45) is 26.2. The van der Waals surface area contributed by atoms with Crippen molar-refractivity contribution in [3.63, 3.8) is 0 Å². The fourth-order valence-electron chi connectivity index (χ4n) is 12.7. The van der Waals surface area contributed by atoms with E-state index in [0.717, 1.165) is 74.5 Å². The van der Waals surface area contributed by atoms with E-state index in [1.807, 2.05) is 0 Å². The number of aliphatic hydroxyl groups is 3. The van der Waals surface area contributed by atoms with Gasteiger partial charge < -0.3 is 29.5 Å². The Kier molecular flexibility index (Phi) is 18.1. The van der Waals surface area contributed by atoms with Gasteiger partial charge in [0.05, 0.1) is 6.10 Å². The molecule has 0 amide bonds. The second kappa shape index (κ2) is 22.0. The monoisotopic (exact) mass is 787 g/mol. The summed E-state index contributed by atoms with van der Waals surface area (Å²) in [6.45, 7) is 14.5. The van der Waals surface area contributed by atoms with Crippen molar-refractivity contribution in [1.82, 2.24) is 0 Å². The lowest BCUT2D eigenvalue weighted by Crippen LogP contribution is -2.60. The van der Waals surface area contributed by atoms with E-state index in [1.54, 1.807) is 0 Å². The van der Waals surface area contributed by atoms with Gasteiger partial charge in [0.1, 0.15) is 31.0 Å². The molecule has 0 aromatic rings. The van der Waals surface area contributed by atoms with E-state index in [-0.39, 0.29) is 24.1 Å². The maximum Gasteiger partial charge on any atom is 0.305 e. The molecule has 0 aromatic carbocycles. The number of hydrogen-bond acceptors (Lipinski definition) is 7. The Bertz CT molecular complexity index is 1200. The molecule has 1 heterocycles. The van der Waals surface area contributed by atoms with Gasteiger partial charge in [0.15, 0.2) is 6.29 Å². The molecule has 0 radical (unpaired) electrons. The molecule has 3 N–H and O–H groups in total. The average molecular weight is 787 g/mol. The van der Waals surface area contributed by atoms with Crippen LogP contribution in [0.3, 0.4) is 0 Å². The van der Waals surface area contributed by atoms with Crippen LogP contribution in [0.1, 0.15) is 202 Å². The smallest absolute Gasteiger partial charge is 0.305 e. The van der Waals surface area contributed by atoms with Crippen molar-refractivity contribution in [1.29, 1.82) is 0 Å². The highest BCUT2D eigenvalue weighted by atomic mass is 16.7. The lowest BCUT2D eigenvalue weighted by atomic mass is 9.47. The molecule has 1 saturated heterocycles. The normalized spacial score (nSPS) is 37.4. The van der Waals surface area contributed by atoms with Gasteiger partial charge in [0.2, 0.25) is 0 Å². The Morgan fingerprint density at radius 2 is 1.45 bits per heavy atom. The zero-order valence-electron chi connectivity index (χ0n) is 36.9. The van der Waals surface area contributed by atoms with E-state index in [2.05, 4.69) is 47.6 Å². The molecular formula is C49H86O7. The molecule has 0 spiro atoms. The van der Waals surface area contributed by atoms with Crippen molar-refractivity contribution < 1.29 is 34.3 Å². The number of aliphatic hydroxyl groups excluding tert-OH is 3. The minimum absolute atomic E-state index is 0.136. The SMILES string of the molecule is CCCCCCCCCCCCCCCC(=O)OCC1OC(OC2CCC3(C)C(=CCC4C3CCC3(C)C(C(C)CCCC(C)C)CCC43)C2)C(O)C(O)C1O. The van der Waals surface area contributed by atoms with Crippen LogP contribution in [0.4, 0.5) is 0 Å². The Labute approximate surface area is 342 Å². The predicted molar refractivity (Wildman–Crippen MR) is 226 cm³/mol. The maximum atomic E-state index is 12.6. The van der Waals surface area contributed by atoms with Gasteiger partial charge in [-0.2, -0.15) is 0 Å². The molecule has 1 aliphatic heterocycles. The van der Waals surface area contributed by atoms with Gasteiger partial charge in [-0.1, -0.05) is 150 Å². The number of esters is 1. The highest BCUT2D eigenvalue weighted by Gasteiger charge is 2.59. The van der Waals surface area contributed by atoms with Crippen LogP contribution in [0, 0.1) is 46.3 Å². The van der Waals surface area contributed by atoms with Crippen LogP contribution >= 0.6 is 0 Å². The summed E-state index contributed by atoms with van der Waals surface area (Å²) in [5, 5.41) is 32.4. The topological polar surface area (TPSA) is 105 Å². The number of hydrogen-bond donors (Lipinski definition) is 3. The van der Waals surface area contributed by atoms with Crippen molar-refractivity contribution in [3.8, 4) is 0 Å². The van der Waals surface area contributed by atoms with Gasteiger partial charge in [-0.25, -0.2) is 0 Å². The lowest BCUT2D eigenvalue weighted by molar-refractivity contribution is -0.313. The molecule has 13 unspecified atom stereocenters. The Balaban J connectivity index is 1.03. The van der Waals surface area contributed by atoms with Crippen LogP contribution in [0.2, 0.25) is 0 Å². The van der Waals surface area contributed by atoms with E-state index in [9.17, 15) is 20.1 Å². The maximum absolute atomic E-state index is 12.6. The standard InChI is InChI=1S/C49H86O7/c1-7-8-9-10-11-12-13-14-15-16-17-18-19-23-43(50)54-33-42-44(51)45(52)46(53)47(56-42)55-37-28-30-48(5)36(32-37)24-25-38-40-27-26-39(35(4)22-20-21-34(2)3)49(40,6)31-29-41(38)48/h24,34-35,37-42,44-47,51-53H,7-23,25-33H2,1-6H3. The first-order chi connectivity index (χ1) is 26.9. The van der Waals surface area contributed by atoms with E-state index in [1.165, 1.54) is 115 Å². The summed E-state index contributed by atoms with van der Waals surface area (Å²) >= 11 is 0. The zero-order chi connectivity index (χ0) is 40.3. The molecule has 0 bridgehead atoms. The van der Waals surface area contributed by atoms with Crippen molar-refractivity contribution in [3.05, 3.63) is 11.6 Å². The molecule has 56 heavy (non-hydrogen) atoms. The minimum atomic E-state index is -1.44. The molecule has 324 valence electrons. The molecule has 4 fully saturated rings. The van der Waals surface area contributed by atoms with Gasteiger partial charge in [-0.3, -0.25) is 4.79 Å². The summed E-state index contributed by atoms with van der Waals surface area (Å²) in [4.78, 5) is 12.6. The van der Waals surface area contributed by atoms with Crippen LogP contribution in [-0.2, 0) is 19.0 Å². The second-order valence-electron chi connectivity index (χ2n) is 20.5. The highest BCUT2D eigenvalue weighted by Crippen LogP contribution is 2.67. The third kappa shape index (κ3) is 11.6. The first kappa shape index (κ1) is 46.1. The fourth-order valence-corrected chi connectivity index (χ4v) is 12.7. The van der Waals surface area contributed by atoms with E-state index in [4.69, 9.17) is 14.2 Å². The second-order valence-corrected chi connectivity index (χ2v) is 20.5. The summed E-state index contributed by atoms with van der Waals surface area (Å²) in [5.74, 6) is 4.45. The summed E-state index contributed by atoms with van der Waals surface area (Å²) in [7, 11) is 0. The predicted octanol–water partition coefficient (Wildman–Crippen LogP) is 11.2. The summed E-state index contributed by atoms with van der Waals surface area (Å²) in [5.41, 5.74) is 2.15. The van der Waals surface area contributed by atoms with Crippen LogP contribution in [0.5, 0.6) is 0 Å². The van der Waals surface area contributed by atoms with Crippen molar-refractivity contribution in [2.45, 2.75) is 239 Å². The van der Waals surface area contributed by atoms with Crippen molar-refractivity contribution in [2.75, 3.05) is 6.61 Å². The van der Waals surface area contributed by atoms with Crippen molar-refractivity contribution >= 4 is 5.97 Å². The van der Waals surface area contributed by atoms with Gasteiger partial charge in [0, 0.05) is 6.42 Å². The number of ether oxygens (including phenoxy) is 3. The third-order valence-corrected chi connectivity index (χ3v) is 16.1. The molecule has 7 heteroatoms. The number of carbonyl (C=O) groups excluding carboxylic acids is 1.